The average molecular weight is 238 g/mol. The zero-order valence-corrected chi connectivity index (χ0v) is 10.2. The molecule has 0 aliphatic carbocycles. The van der Waals surface area contributed by atoms with E-state index in [0.717, 1.165) is 16.8 Å². The summed E-state index contributed by atoms with van der Waals surface area (Å²) in [5.41, 5.74) is 3.89. The van der Waals surface area contributed by atoms with Gasteiger partial charge in [0.15, 0.2) is 0 Å². The van der Waals surface area contributed by atoms with Crippen LogP contribution in [0.4, 0.5) is 0 Å². The first kappa shape index (κ1) is 12.3. The predicted octanol–water partition coefficient (Wildman–Crippen LogP) is 2.46. The van der Waals surface area contributed by atoms with E-state index in [2.05, 4.69) is 11.1 Å². The van der Waals surface area contributed by atoms with E-state index in [0.29, 0.717) is 17.7 Å². The van der Waals surface area contributed by atoms with Gasteiger partial charge in [0.1, 0.15) is 6.07 Å². The Morgan fingerprint density at radius 1 is 1.28 bits per heavy atom. The molecule has 1 heterocycles. The van der Waals surface area contributed by atoms with Crippen molar-refractivity contribution in [2.24, 2.45) is 0 Å². The Hall–Kier alpha value is -2.18. The van der Waals surface area contributed by atoms with E-state index in [1.54, 1.807) is 0 Å². The monoisotopic (exact) mass is 238 g/mol. The quantitative estimate of drug-likeness (QED) is 0.893. The minimum Gasteiger partial charge on any atom is -0.396 e. The third-order valence-corrected chi connectivity index (χ3v) is 2.77. The van der Waals surface area contributed by atoms with Gasteiger partial charge in [-0.3, -0.25) is 4.98 Å². The molecule has 0 saturated heterocycles. The van der Waals surface area contributed by atoms with E-state index in [1.165, 1.54) is 0 Å². The fourth-order valence-electron chi connectivity index (χ4n) is 1.99. The number of benzene rings is 1. The van der Waals surface area contributed by atoms with Gasteiger partial charge in [-0.15, -0.1) is 0 Å². The third-order valence-electron chi connectivity index (χ3n) is 2.77. The smallest absolute Gasteiger partial charge is 0.102 e. The van der Waals surface area contributed by atoms with Crippen LogP contribution < -0.4 is 0 Å². The van der Waals surface area contributed by atoms with E-state index in [4.69, 9.17) is 5.11 Å². The molecule has 0 fully saturated rings. The first-order valence-electron chi connectivity index (χ1n) is 5.83. The summed E-state index contributed by atoms with van der Waals surface area (Å²) in [6, 6.07) is 13.7. The van der Waals surface area contributed by atoms with Crippen molar-refractivity contribution < 1.29 is 5.11 Å². The molecule has 0 aliphatic heterocycles. The molecule has 3 nitrogen and oxygen atoms in total. The van der Waals surface area contributed by atoms with Gasteiger partial charge in [-0.2, -0.15) is 5.26 Å². The first-order valence-corrected chi connectivity index (χ1v) is 5.83. The molecule has 3 heteroatoms. The van der Waals surface area contributed by atoms with E-state index >= 15 is 0 Å². The second-order valence-corrected chi connectivity index (χ2v) is 4.10. The molecule has 0 unspecified atom stereocenters. The van der Waals surface area contributed by atoms with Crippen LogP contribution >= 0.6 is 0 Å². The van der Waals surface area contributed by atoms with Crippen molar-refractivity contribution in [1.29, 1.82) is 5.26 Å². The van der Waals surface area contributed by atoms with Crippen molar-refractivity contribution in [2.45, 2.75) is 13.3 Å². The standard InChI is InChI=1S/C15H14N2O/c1-11-9-13(7-8-18)14(10-16)15(17-11)12-5-3-2-4-6-12/h2-6,9,18H,7-8H2,1H3. The highest BCUT2D eigenvalue weighted by Crippen LogP contribution is 2.24. The molecule has 0 radical (unpaired) electrons. The molecule has 1 N–H and O–H groups in total. The summed E-state index contributed by atoms with van der Waals surface area (Å²) in [4.78, 5) is 4.45. The number of aryl methyl sites for hydroxylation is 1. The zero-order valence-electron chi connectivity index (χ0n) is 10.2. The van der Waals surface area contributed by atoms with Crippen LogP contribution in [0.1, 0.15) is 16.8 Å². The Bertz CT molecular complexity index is 585. The van der Waals surface area contributed by atoms with Gasteiger partial charge in [-0.1, -0.05) is 30.3 Å². The van der Waals surface area contributed by atoms with Crippen molar-refractivity contribution in [2.75, 3.05) is 6.61 Å². The summed E-state index contributed by atoms with van der Waals surface area (Å²) in [5.74, 6) is 0. The number of aliphatic hydroxyl groups excluding tert-OH is 1. The summed E-state index contributed by atoms with van der Waals surface area (Å²) in [7, 11) is 0. The van der Waals surface area contributed by atoms with Crippen LogP contribution in [-0.4, -0.2) is 16.7 Å². The number of nitrogens with zero attached hydrogens (tertiary/aromatic N) is 2. The van der Waals surface area contributed by atoms with Gasteiger partial charge in [-0.05, 0) is 25.0 Å². The molecule has 0 amide bonds. The molecule has 0 spiro atoms. The van der Waals surface area contributed by atoms with Crippen molar-refractivity contribution in [3.05, 3.63) is 53.2 Å². The van der Waals surface area contributed by atoms with Crippen LogP contribution in [0.2, 0.25) is 0 Å². The minimum absolute atomic E-state index is 0.0341. The van der Waals surface area contributed by atoms with Crippen molar-refractivity contribution >= 4 is 0 Å². The van der Waals surface area contributed by atoms with Gasteiger partial charge in [0.05, 0.1) is 11.3 Å². The maximum Gasteiger partial charge on any atom is 0.102 e. The Morgan fingerprint density at radius 3 is 2.61 bits per heavy atom. The van der Waals surface area contributed by atoms with Crippen LogP contribution in [0.15, 0.2) is 36.4 Å². The summed E-state index contributed by atoms with van der Waals surface area (Å²) in [5, 5.41) is 18.4. The van der Waals surface area contributed by atoms with Gasteiger partial charge < -0.3 is 5.11 Å². The molecular formula is C15H14N2O. The molecule has 0 aliphatic rings. The van der Waals surface area contributed by atoms with Gasteiger partial charge >= 0.3 is 0 Å². The lowest BCUT2D eigenvalue weighted by molar-refractivity contribution is 0.299. The molecule has 18 heavy (non-hydrogen) atoms. The summed E-state index contributed by atoms with van der Waals surface area (Å²) in [6.07, 6.45) is 0.478. The highest BCUT2D eigenvalue weighted by molar-refractivity contribution is 5.68. The highest BCUT2D eigenvalue weighted by atomic mass is 16.2. The van der Waals surface area contributed by atoms with Gasteiger partial charge in [0, 0.05) is 17.9 Å². The number of aromatic nitrogens is 1. The van der Waals surface area contributed by atoms with Crippen molar-refractivity contribution in [1.82, 2.24) is 4.98 Å². The molecule has 0 bridgehead atoms. The summed E-state index contributed by atoms with van der Waals surface area (Å²) >= 11 is 0. The minimum atomic E-state index is 0.0341. The number of pyridine rings is 1. The Balaban J connectivity index is 2.64. The lowest BCUT2D eigenvalue weighted by Crippen LogP contribution is -2.01. The Morgan fingerprint density at radius 2 is 2.00 bits per heavy atom. The normalized spacial score (nSPS) is 10.1. The lowest BCUT2D eigenvalue weighted by atomic mass is 9.99. The van der Waals surface area contributed by atoms with Gasteiger partial charge in [0.25, 0.3) is 0 Å². The number of rotatable bonds is 3. The molecular weight excluding hydrogens is 224 g/mol. The average Bonchev–Trinajstić information content (AvgIpc) is 2.39. The molecule has 0 atom stereocenters. The fourth-order valence-corrected chi connectivity index (χ4v) is 1.99. The molecule has 1 aromatic carbocycles. The molecule has 2 aromatic rings. The SMILES string of the molecule is Cc1cc(CCO)c(C#N)c(-c2ccccc2)n1. The van der Waals surface area contributed by atoms with Crippen LogP contribution in [0.5, 0.6) is 0 Å². The molecule has 0 saturated carbocycles. The van der Waals surface area contributed by atoms with E-state index in [-0.39, 0.29) is 6.61 Å². The first-order chi connectivity index (χ1) is 8.76. The molecule has 90 valence electrons. The zero-order chi connectivity index (χ0) is 13.0. The molecule has 1 aromatic heterocycles. The van der Waals surface area contributed by atoms with Crippen LogP contribution in [0.25, 0.3) is 11.3 Å². The summed E-state index contributed by atoms with van der Waals surface area (Å²) in [6.45, 7) is 1.93. The van der Waals surface area contributed by atoms with Gasteiger partial charge in [-0.25, -0.2) is 0 Å². The van der Waals surface area contributed by atoms with Crippen molar-refractivity contribution in [3.8, 4) is 17.3 Å². The van der Waals surface area contributed by atoms with E-state index in [9.17, 15) is 5.26 Å². The largest absolute Gasteiger partial charge is 0.396 e. The Labute approximate surface area is 106 Å². The van der Waals surface area contributed by atoms with Crippen LogP contribution in [0, 0.1) is 18.3 Å². The van der Waals surface area contributed by atoms with Crippen LogP contribution in [0.3, 0.4) is 0 Å². The van der Waals surface area contributed by atoms with Gasteiger partial charge in [0.2, 0.25) is 0 Å². The second kappa shape index (κ2) is 5.44. The number of hydrogen-bond donors (Lipinski definition) is 1. The summed E-state index contributed by atoms with van der Waals surface area (Å²) < 4.78 is 0. The van der Waals surface area contributed by atoms with E-state index in [1.807, 2.05) is 43.3 Å². The Kier molecular flexibility index (Phi) is 3.71. The topological polar surface area (TPSA) is 56.9 Å². The fraction of sp³-hybridized carbons (Fsp3) is 0.200. The molecule has 2 rings (SSSR count). The number of nitriles is 1. The third kappa shape index (κ3) is 2.39. The van der Waals surface area contributed by atoms with Crippen LogP contribution in [-0.2, 0) is 6.42 Å². The number of aliphatic hydroxyl groups is 1. The predicted molar refractivity (Wildman–Crippen MR) is 69.9 cm³/mol. The van der Waals surface area contributed by atoms with Crippen molar-refractivity contribution in [3.63, 3.8) is 0 Å². The highest BCUT2D eigenvalue weighted by Gasteiger charge is 2.12. The second-order valence-electron chi connectivity index (χ2n) is 4.10. The maximum atomic E-state index is 9.31. The van der Waals surface area contributed by atoms with E-state index < -0.39 is 0 Å². The lowest BCUT2D eigenvalue weighted by Gasteiger charge is -2.09. The maximum absolute atomic E-state index is 9.31. The number of hydrogen-bond acceptors (Lipinski definition) is 3.